The Labute approximate surface area is 119 Å². The average Bonchev–Trinajstić information content (AvgIpc) is 2.48. The lowest BCUT2D eigenvalue weighted by Gasteiger charge is -2.27. The number of benzene rings is 2. The van der Waals surface area contributed by atoms with Crippen LogP contribution in [0.25, 0.3) is 0 Å². The van der Waals surface area contributed by atoms with Gasteiger partial charge in [0.15, 0.2) is 0 Å². The molecule has 2 atom stereocenters. The Morgan fingerprint density at radius 3 is 2.70 bits per heavy atom. The highest BCUT2D eigenvalue weighted by Crippen LogP contribution is 2.38. The van der Waals surface area contributed by atoms with E-state index in [1.165, 1.54) is 5.56 Å². The van der Waals surface area contributed by atoms with Crippen molar-refractivity contribution in [2.45, 2.75) is 24.9 Å². The minimum atomic E-state index is -0.466. The van der Waals surface area contributed by atoms with E-state index in [4.69, 9.17) is 10.5 Å². The molecular weight excluding hydrogens is 250 g/mol. The summed E-state index contributed by atoms with van der Waals surface area (Å²) in [4.78, 5) is 0. The van der Waals surface area contributed by atoms with Crippen molar-refractivity contribution in [2.24, 2.45) is 0 Å². The van der Waals surface area contributed by atoms with Gasteiger partial charge in [-0.05, 0) is 48.1 Å². The van der Waals surface area contributed by atoms with Gasteiger partial charge in [0.25, 0.3) is 0 Å². The summed E-state index contributed by atoms with van der Waals surface area (Å²) in [7, 11) is 0. The Balaban J connectivity index is 1.77. The van der Waals surface area contributed by atoms with Crippen molar-refractivity contribution in [3.8, 4) is 5.75 Å². The molecule has 0 aromatic heterocycles. The number of aliphatic hydroxyl groups excluding tert-OH is 1. The predicted molar refractivity (Wildman–Crippen MR) is 79.7 cm³/mol. The van der Waals surface area contributed by atoms with Crippen molar-refractivity contribution in [1.82, 2.24) is 0 Å². The molecule has 0 aliphatic carbocycles. The van der Waals surface area contributed by atoms with Gasteiger partial charge >= 0.3 is 0 Å². The summed E-state index contributed by atoms with van der Waals surface area (Å²) in [6.45, 7) is 0.718. The SMILES string of the molecule is Nc1ccc(C(O)CC2CCOc3ccccc32)cc1. The maximum Gasteiger partial charge on any atom is 0.122 e. The summed E-state index contributed by atoms with van der Waals surface area (Å²) in [6, 6.07) is 15.5. The maximum atomic E-state index is 10.4. The summed E-state index contributed by atoms with van der Waals surface area (Å²) < 4.78 is 5.66. The Hall–Kier alpha value is -2.00. The first-order valence-corrected chi connectivity index (χ1v) is 6.99. The molecule has 0 fully saturated rings. The fourth-order valence-electron chi connectivity index (χ4n) is 2.78. The van der Waals surface area contributed by atoms with E-state index in [1.807, 2.05) is 42.5 Å². The predicted octanol–water partition coefficient (Wildman–Crippen LogP) is 3.26. The van der Waals surface area contributed by atoms with Crippen LogP contribution >= 0.6 is 0 Å². The van der Waals surface area contributed by atoms with Crippen LogP contribution in [0, 0.1) is 0 Å². The number of nitrogens with two attached hydrogens (primary N) is 1. The number of hydrogen-bond acceptors (Lipinski definition) is 3. The minimum Gasteiger partial charge on any atom is -0.493 e. The van der Waals surface area contributed by atoms with E-state index >= 15 is 0 Å². The summed E-state index contributed by atoms with van der Waals surface area (Å²) in [5.74, 6) is 1.29. The van der Waals surface area contributed by atoms with E-state index < -0.39 is 6.10 Å². The van der Waals surface area contributed by atoms with Gasteiger partial charge in [-0.2, -0.15) is 0 Å². The highest BCUT2D eigenvalue weighted by molar-refractivity contribution is 5.41. The van der Waals surface area contributed by atoms with Crippen LogP contribution in [-0.2, 0) is 0 Å². The molecule has 104 valence electrons. The zero-order chi connectivity index (χ0) is 13.9. The molecule has 0 saturated heterocycles. The molecule has 3 heteroatoms. The molecule has 0 saturated carbocycles. The minimum absolute atomic E-state index is 0.340. The Morgan fingerprint density at radius 2 is 1.90 bits per heavy atom. The van der Waals surface area contributed by atoms with Crippen LogP contribution < -0.4 is 10.5 Å². The monoisotopic (exact) mass is 269 g/mol. The van der Waals surface area contributed by atoms with Gasteiger partial charge in [0, 0.05) is 5.69 Å². The summed E-state index contributed by atoms with van der Waals surface area (Å²) >= 11 is 0. The zero-order valence-corrected chi connectivity index (χ0v) is 11.3. The summed E-state index contributed by atoms with van der Waals surface area (Å²) in [6.07, 6.45) is 1.19. The van der Waals surface area contributed by atoms with Crippen molar-refractivity contribution < 1.29 is 9.84 Å². The first-order valence-electron chi connectivity index (χ1n) is 6.99. The number of fused-ring (bicyclic) bond motifs is 1. The molecule has 1 heterocycles. The zero-order valence-electron chi connectivity index (χ0n) is 11.3. The standard InChI is InChI=1S/C17H19NO2/c18-14-7-5-12(6-8-14)16(19)11-13-9-10-20-17-4-2-1-3-15(13)17/h1-8,13,16,19H,9-11,18H2. The lowest BCUT2D eigenvalue weighted by molar-refractivity contribution is 0.145. The van der Waals surface area contributed by atoms with Gasteiger partial charge in [0.05, 0.1) is 12.7 Å². The van der Waals surface area contributed by atoms with Crippen LogP contribution in [-0.4, -0.2) is 11.7 Å². The first kappa shape index (κ1) is 13.0. The molecular formula is C17H19NO2. The highest BCUT2D eigenvalue weighted by atomic mass is 16.5. The molecule has 0 radical (unpaired) electrons. The number of hydrogen-bond donors (Lipinski definition) is 2. The Kier molecular flexibility index (Phi) is 3.61. The van der Waals surface area contributed by atoms with Crippen LogP contribution in [0.3, 0.4) is 0 Å². The van der Waals surface area contributed by atoms with E-state index in [0.717, 1.165) is 30.0 Å². The second-order valence-electron chi connectivity index (χ2n) is 5.29. The molecule has 3 N–H and O–H groups in total. The maximum absolute atomic E-state index is 10.4. The molecule has 0 bridgehead atoms. The van der Waals surface area contributed by atoms with Gasteiger partial charge in [-0.15, -0.1) is 0 Å². The molecule has 0 spiro atoms. The molecule has 2 unspecified atom stereocenters. The van der Waals surface area contributed by atoms with Gasteiger partial charge in [-0.3, -0.25) is 0 Å². The van der Waals surface area contributed by atoms with Gasteiger partial charge in [-0.25, -0.2) is 0 Å². The molecule has 2 aromatic rings. The fourth-order valence-corrected chi connectivity index (χ4v) is 2.78. The van der Waals surface area contributed by atoms with Crippen LogP contribution in [0.5, 0.6) is 5.75 Å². The number of ether oxygens (including phenoxy) is 1. The fraction of sp³-hybridized carbons (Fsp3) is 0.294. The van der Waals surface area contributed by atoms with Crippen molar-refractivity contribution in [3.05, 3.63) is 59.7 Å². The number of rotatable bonds is 3. The van der Waals surface area contributed by atoms with Crippen molar-refractivity contribution >= 4 is 5.69 Å². The molecule has 3 nitrogen and oxygen atoms in total. The van der Waals surface area contributed by atoms with Gasteiger partial charge in [0.2, 0.25) is 0 Å². The van der Waals surface area contributed by atoms with E-state index in [-0.39, 0.29) is 0 Å². The second-order valence-corrected chi connectivity index (χ2v) is 5.29. The van der Waals surface area contributed by atoms with E-state index in [2.05, 4.69) is 6.07 Å². The van der Waals surface area contributed by atoms with Crippen LogP contribution in [0.4, 0.5) is 5.69 Å². The van der Waals surface area contributed by atoms with E-state index in [1.54, 1.807) is 0 Å². The smallest absolute Gasteiger partial charge is 0.122 e. The van der Waals surface area contributed by atoms with E-state index in [9.17, 15) is 5.11 Å². The topological polar surface area (TPSA) is 55.5 Å². The average molecular weight is 269 g/mol. The van der Waals surface area contributed by atoms with Gasteiger partial charge in [0.1, 0.15) is 5.75 Å². The van der Waals surface area contributed by atoms with Crippen LogP contribution in [0.15, 0.2) is 48.5 Å². The quantitative estimate of drug-likeness (QED) is 0.841. The number of nitrogen functional groups attached to an aromatic ring is 1. The van der Waals surface area contributed by atoms with Gasteiger partial charge in [-0.1, -0.05) is 30.3 Å². The highest BCUT2D eigenvalue weighted by Gasteiger charge is 2.24. The molecule has 1 aliphatic rings. The van der Waals surface area contributed by atoms with E-state index in [0.29, 0.717) is 12.3 Å². The van der Waals surface area contributed by atoms with Crippen LogP contribution in [0.1, 0.15) is 36.0 Å². The number of aliphatic hydroxyl groups is 1. The second kappa shape index (κ2) is 5.55. The summed E-state index contributed by atoms with van der Waals surface area (Å²) in [5.41, 5.74) is 8.52. The molecule has 1 aliphatic heterocycles. The van der Waals surface area contributed by atoms with Gasteiger partial charge < -0.3 is 15.6 Å². The summed E-state index contributed by atoms with van der Waals surface area (Å²) in [5, 5.41) is 10.4. The third-order valence-corrected chi connectivity index (χ3v) is 3.91. The van der Waals surface area contributed by atoms with Crippen molar-refractivity contribution in [1.29, 1.82) is 0 Å². The number of anilines is 1. The van der Waals surface area contributed by atoms with Crippen LogP contribution in [0.2, 0.25) is 0 Å². The molecule has 3 rings (SSSR count). The first-order chi connectivity index (χ1) is 9.74. The molecule has 2 aromatic carbocycles. The lowest BCUT2D eigenvalue weighted by atomic mass is 9.86. The van der Waals surface area contributed by atoms with Crippen molar-refractivity contribution in [2.75, 3.05) is 12.3 Å². The normalized spacial score (nSPS) is 18.9. The third-order valence-electron chi connectivity index (χ3n) is 3.91. The molecule has 0 amide bonds. The molecule has 20 heavy (non-hydrogen) atoms. The Morgan fingerprint density at radius 1 is 1.15 bits per heavy atom. The largest absolute Gasteiger partial charge is 0.493 e. The lowest BCUT2D eigenvalue weighted by Crippen LogP contribution is -2.16. The Bertz CT molecular complexity index is 580. The third kappa shape index (κ3) is 2.63. The number of para-hydroxylation sites is 1. The van der Waals surface area contributed by atoms with Crippen molar-refractivity contribution in [3.63, 3.8) is 0 Å².